The minimum atomic E-state index is -1.73. The van der Waals surface area contributed by atoms with Crippen molar-refractivity contribution < 1.29 is 6.48 Å². The van der Waals surface area contributed by atoms with Crippen molar-refractivity contribution in [2.24, 2.45) is 0 Å². The molecule has 0 fully saturated rings. The first kappa shape index (κ1) is 8.96. The summed E-state index contributed by atoms with van der Waals surface area (Å²) < 4.78 is 7.99. The van der Waals surface area contributed by atoms with Crippen molar-refractivity contribution in [3.8, 4) is 0 Å². The summed E-state index contributed by atoms with van der Waals surface area (Å²) in [5.41, 5.74) is 1.04. The minimum absolute atomic E-state index is 0.503. The van der Waals surface area contributed by atoms with Gasteiger partial charge in [0.05, 0.1) is 1.37 Å². The molecular weight excluding hydrogens is 208 g/mol. The van der Waals surface area contributed by atoms with Gasteiger partial charge in [0.1, 0.15) is 6.08 Å². The van der Waals surface area contributed by atoms with Crippen molar-refractivity contribution >= 4 is 11.6 Å². The van der Waals surface area contributed by atoms with Crippen LogP contribution in [0.25, 0.3) is 0 Å². The lowest BCUT2D eigenvalue weighted by molar-refractivity contribution is 0.220. The molecule has 15 heavy (non-hydrogen) atoms. The van der Waals surface area contributed by atoms with E-state index in [1.807, 2.05) is 6.07 Å². The first-order valence-corrected chi connectivity index (χ1v) is 5.02. The van der Waals surface area contributed by atoms with Crippen molar-refractivity contribution in [1.82, 2.24) is 0 Å². The molecule has 1 nitrogen and oxygen atoms in total. The molecule has 0 aromatic heterocycles. The van der Waals surface area contributed by atoms with Crippen LogP contribution in [0.2, 0.25) is 5.02 Å². The standard InChI is InChI=1S/C13H11ClO/c14-12-8-6-11(7-9-12)13(15)10-4-2-1-3-5-10/h1-9,13,15H/i13D. The fraction of sp³-hybridized carbons (Fsp3) is 0.0769. The van der Waals surface area contributed by atoms with Gasteiger partial charge in [-0.1, -0.05) is 54.1 Å². The topological polar surface area (TPSA) is 20.2 Å². The second-order valence-corrected chi connectivity index (χ2v) is 3.66. The van der Waals surface area contributed by atoms with E-state index in [-0.39, 0.29) is 0 Å². The lowest BCUT2D eigenvalue weighted by Crippen LogP contribution is -1.98. The molecule has 1 unspecified atom stereocenters. The highest BCUT2D eigenvalue weighted by Gasteiger charge is 2.08. The Labute approximate surface area is 95.4 Å². The summed E-state index contributed by atoms with van der Waals surface area (Å²) in [6.45, 7) is 0. The van der Waals surface area contributed by atoms with E-state index in [2.05, 4.69) is 0 Å². The van der Waals surface area contributed by atoms with Gasteiger partial charge in [0.25, 0.3) is 0 Å². The second kappa shape index (κ2) is 4.47. The average molecular weight is 220 g/mol. The summed E-state index contributed by atoms with van der Waals surface area (Å²) in [6.07, 6.45) is -1.73. The third kappa shape index (κ3) is 2.38. The van der Waals surface area contributed by atoms with E-state index in [9.17, 15) is 5.11 Å². The summed E-state index contributed by atoms with van der Waals surface area (Å²) in [6, 6.07) is 15.5. The summed E-state index contributed by atoms with van der Waals surface area (Å²) in [7, 11) is 0. The molecule has 2 aromatic rings. The van der Waals surface area contributed by atoms with E-state index in [4.69, 9.17) is 13.0 Å². The average Bonchev–Trinajstić information content (AvgIpc) is 2.31. The first-order valence-electron chi connectivity index (χ1n) is 5.14. The van der Waals surface area contributed by atoms with Crippen molar-refractivity contribution in [3.05, 3.63) is 70.7 Å². The van der Waals surface area contributed by atoms with Crippen LogP contribution in [-0.2, 0) is 0 Å². The monoisotopic (exact) mass is 219 g/mol. The Morgan fingerprint density at radius 2 is 1.47 bits per heavy atom. The molecule has 0 aliphatic carbocycles. The third-order valence-corrected chi connectivity index (χ3v) is 2.42. The van der Waals surface area contributed by atoms with E-state index < -0.39 is 6.08 Å². The summed E-state index contributed by atoms with van der Waals surface area (Å²) in [5.74, 6) is 0. The van der Waals surface area contributed by atoms with Crippen molar-refractivity contribution in [1.29, 1.82) is 0 Å². The predicted molar refractivity (Wildman–Crippen MR) is 62.0 cm³/mol. The van der Waals surface area contributed by atoms with Crippen LogP contribution in [0.5, 0.6) is 0 Å². The van der Waals surface area contributed by atoms with E-state index in [0.717, 1.165) is 0 Å². The van der Waals surface area contributed by atoms with Gasteiger partial charge in [0, 0.05) is 5.02 Å². The highest BCUT2D eigenvalue weighted by Crippen LogP contribution is 2.22. The Morgan fingerprint density at radius 3 is 2.07 bits per heavy atom. The number of rotatable bonds is 2. The zero-order valence-corrected chi connectivity index (χ0v) is 8.78. The number of hydrogen-bond donors (Lipinski definition) is 1. The molecule has 2 aromatic carbocycles. The van der Waals surface area contributed by atoms with Crippen molar-refractivity contribution in [2.45, 2.75) is 6.08 Å². The predicted octanol–water partition coefficient (Wildman–Crippen LogP) is 3.42. The molecular formula is C13H11ClO. The van der Waals surface area contributed by atoms with Crippen LogP contribution in [0.15, 0.2) is 54.6 Å². The first-order chi connectivity index (χ1) is 7.60. The summed E-state index contributed by atoms with van der Waals surface area (Å²) in [4.78, 5) is 0. The molecule has 2 heteroatoms. The van der Waals surface area contributed by atoms with E-state index in [1.54, 1.807) is 48.5 Å². The van der Waals surface area contributed by atoms with Crippen LogP contribution in [0.1, 0.15) is 18.6 Å². The highest BCUT2D eigenvalue weighted by molar-refractivity contribution is 6.30. The normalized spacial score (nSPS) is 15.5. The fourth-order valence-corrected chi connectivity index (χ4v) is 1.50. The summed E-state index contributed by atoms with van der Waals surface area (Å²) in [5, 5.41) is 10.8. The van der Waals surface area contributed by atoms with Crippen LogP contribution in [0, 0.1) is 0 Å². The van der Waals surface area contributed by atoms with Gasteiger partial charge >= 0.3 is 0 Å². The quantitative estimate of drug-likeness (QED) is 0.821. The molecule has 0 spiro atoms. The number of aliphatic hydroxyl groups is 1. The third-order valence-electron chi connectivity index (χ3n) is 2.16. The molecule has 0 saturated heterocycles. The number of hydrogen-bond acceptors (Lipinski definition) is 1. The van der Waals surface area contributed by atoms with Crippen LogP contribution in [-0.4, -0.2) is 5.11 Å². The van der Waals surface area contributed by atoms with Gasteiger partial charge < -0.3 is 5.11 Å². The molecule has 2 rings (SSSR count). The Bertz CT molecular complexity index is 465. The van der Waals surface area contributed by atoms with Gasteiger partial charge in [-0.2, -0.15) is 0 Å². The SMILES string of the molecule is [2H]C(O)(c1ccccc1)c1ccc(Cl)cc1. The van der Waals surface area contributed by atoms with Gasteiger partial charge in [0.15, 0.2) is 0 Å². The van der Waals surface area contributed by atoms with Gasteiger partial charge in [-0.25, -0.2) is 0 Å². The lowest BCUT2D eigenvalue weighted by atomic mass is 10.0. The van der Waals surface area contributed by atoms with Gasteiger partial charge in [-0.3, -0.25) is 0 Å². The Kier molecular flexibility index (Phi) is 2.67. The fourth-order valence-electron chi connectivity index (χ4n) is 1.37. The van der Waals surface area contributed by atoms with Gasteiger partial charge in [0.2, 0.25) is 0 Å². The molecule has 0 amide bonds. The van der Waals surface area contributed by atoms with Gasteiger partial charge in [-0.05, 0) is 23.3 Å². The van der Waals surface area contributed by atoms with Crippen LogP contribution < -0.4 is 0 Å². The van der Waals surface area contributed by atoms with Gasteiger partial charge in [-0.15, -0.1) is 0 Å². The van der Waals surface area contributed by atoms with Crippen molar-refractivity contribution in [2.75, 3.05) is 0 Å². The molecule has 0 heterocycles. The van der Waals surface area contributed by atoms with E-state index >= 15 is 0 Å². The maximum absolute atomic E-state index is 10.2. The van der Waals surface area contributed by atoms with E-state index in [1.165, 1.54) is 0 Å². The van der Waals surface area contributed by atoms with Crippen LogP contribution in [0.3, 0.4) is 0 Å². The molecule has 1 atom stereocenters. The van der Waals surface area contributed by atoms with Crippen LogP contribution >= 0.6 is 11.6 Å². The zero-order chi connectivity index (χ0) is 11.6. The molecule has 0 aliphatic heterocycles. The zero-order valence-electron chi connectivity index (χ0n) is 9.02. The summed E-state index contributed by atoms with van der Waals surface area (Å²) >= 11 is 5.76. The Balaban J connectivity index is 2.43. The maximum Gasteiger partial charge on any atom is 0.104 e. The molecule has 0 bridgehead atoms. The molecule has 0 radical (unpaired) electrons. The molecule has 0 aliphatic rings. The molecule has 76 valence electrons. The number of benzene rings is 2. The molecule has 0 saturated carbocycles. The molecule has 1 N–H and O–H groups in total. The van der Waals surface area contributed by atoms with Crippen molar-refractivity contribution in [3.63, 3.8) is 0 Å². The van der Waals surface area contributed by atoms with E-state index in [0.29, 0.717) is 16.1 Å². The Hall–Kier alpha value is -1.31. The smallest absolute Gasteiger partial charge is 0.104 e. The Morgan fingerprint density at radius 1 is 0.933 bits per heavy atom. The maximum atomic E-state index is 10.2. The largest absolute Gasteiger partial charge is 0.384 e. The highest BCUT2D eigenvalue weighted by atomic mass is 35.5. The van der Waals surface area contributed by atoms with Crippen LogP contribution in [0.4, 0.5) is 0 Å². The minimum Gasteiger partial charge on any atom is -0.384 e. The lowest BCUT2D eigenvalue weighted by Gasteiger charge is -2.10. The second-order valence-electron chi connectivity index (χ2n) is 3.22. The number of halogens is 1.